The lowest BCUT2D eigenvalue weighted by atomic mass is 9.88. The largest absolute Gasteiger partial charge is 0.456 e. The number of fused-ring (bicyclic) bond motifs is 13. The molecule has 0 spiro atoms. The second kappa shape index (κ2) is 10.3. The van der Waals surface area contributed by atoms with E-state index >= 15 is 0 Å². The van der Waals surface area contributed by atoms with Crippen LogP contribution in [0.4, 0.5) is 0 Å². The van der Waals surface area contributed by atoms with Gasteiger partial charge in [0.05, 0.1) is 11.0 Å². The van der Waals surface area contributed by atoms with E-state index in [2.05, 4.69) is 162 Å². The van der Waals surface area contributed by atoms with Crippen molar-refractivity contribution >= 4 is 65.7 Å². The lowest BCUT2D eigenvalue weighted by Gasteiger charge is -2.18. The standard InChI is InChI=1S/C49H29NO2/c1-2-10-29(11-3-1)47-39-15-5-4-12-33(39)40-24-25-41-34-13-6-8-16-42(34)50(49(41)48(40)47)32-20-23-38-37-22-19-31(27-45(37)52-46(38)28-32)30-18-21-36-35-14-7-9-17-43(35)51-44(36)26-30/h1-28,47H. The SMILES string of the molecule is c1ccc(C2c3ccccc3-c3ccc4c5ccccc5n(-c5ccc6c(c5)oc5cc(-c7ccc8c(c7)oc7ccccc78)ccc56)c4c32)cc1. The monoisotopic (exact) mass is 663 g/mol. The van der Waals surface area contributed by atoms with E-state index in [1.807, 2.05) is 12.1 Å². The number of para-hydroxylation sites is 2. The van der Waals surface area contributed by atoms with E-state index < -0.39 is 0 Å². The van der Waals surface area contributed by atoms with Crippen LogP contribution < -0.4 is 0 Å². The number of nitrogens with zero attached hydrogens (tertiary/aromatic N) is 1. The normalized spacial score (nSPS) is 14.0. The topological polar surface area (TPSA) is 31.2 Å². The summed E-state index contributed by atoms with van der Waals surface area (Å²) in [5, 5.41) is 7.00. The van der Waals surface area contributed by atoms with Crippen molar-refractivity contribution in [1.29, 1.82) is 0 Å². The van der Waals surface area contributed by atoms with Crippen LogP contribution >= 0.6 is 0 Å². The highest BCUT2D eigenvalue weighted by Gasteiger charge is 2.33. The molecule has 3 heteroatoms. The first kappa shape index (κ1) is 27.9. The first-order valence-corrected chi connectivity index (χ1v) is 17.9. The van der Waals surface area contributed by atoms with Crippen molar-refractivity contribution in [1.82, 2.24) is 4.57 Å². The summed E-state index contributed by atoms with van der Waals surface area (Å²) in [5.41, 5.74) is 15.9. The Labute approximate surface area is 298 Å². The lowest BCUT2D eigenvalue weighted by Crippen LogP contribution is -2.03. The molecule has 0 saturated carbocycles. The molecule has 52 heavy (non-hydrogen) atoms. The smallest absolute Gasteiger partial charge is 0.137 e. The van der Waals surface area contributed by atoms with Gasteiger partial charge in [0.1, 0.15) is 22.3 Å². The molecule has 0 amide bonds. The van der Waals surface area contributed by atoms with Gasteiger partial charge < -0.3 is 13.4 Å². The summed E-state index contributed by atoms with van der Waals surface area (Å²) in [5.74, 6) is 0.131. The second-order valence-corrected chi connectivity index (χ2v) is 14.0. The van der Waals surface area contributed by atoms with Crippen LogP contribution in [-0.2, 0) is 0 Å². The molecular weight excluding hydrogens is 635 g/mol. The average Bonchev–Trinajstić information content (AvgIpc) is 3.94. The van der Waals surface area contributed by atoms with Gasteiger partial charge in [-0.1, -0.05) is 115 Å². The number of aromatic nitrogens is 1. The molecule has 1 atom stereocenters. The third kappa shape index (κ3) is 3.80. The maximum absolute atomic E-state index is 6.71. The van der Waals surface area contributed by atoms with Gasteiger partial charge in [-0.05, 0) is 87.5 Å². The van der Waals surface area contributed by atoms with Crippen molar-refractivity contribution in [2.75, 3.05) is 0 Å². The third-order valence-corrected chi connectivity index (χ3v) is 11.3. The molecule has 0 saturated heterocycles. The minimum absolute atomic E-state index is 0.131. The highest BCUT2D eigenvalue weighted by molar-refractivity contribution is 6.14. The molecule has 8 aromatic carbocycles. The lowest BCUT2D eigenvalue weighted by molar-refractivity contribution is 0.668. The minimum Gasteiger partial charge on any atom is -0.456 e. The minimum atomic E-state index is 0.131. The fourth-order valence-electron chi connectivity index (χ4n) is 9.01. The Morgan fingerprint density at radius 3 is 1.81 bits per heavy atom. The van der Waals surface area contributed by atoms with Crippen molar-refractivity contribution < 1.29 is 8.83 Å². The quantitative estimate of drug-likeness (QED) is 0.188. The molecule has 3 aromatic heterocycles. The Balaban J connectivity index is 1.06. The van der Waals surface area contributed by atoms with Gasteiger partial charge in [0, 0.05) is 50.0 Å². The fraction of sp³-hybridized carbons (Fsp3) is 0.0204. The summed E-state index contributed by atoms with van der Waals surface area (Å²) >= 11 is 0. The maximum Gasteiger partial charge on any atom is 0.137 e. The Morgan fingerprint density at radius 2 is 1.00 bits per heavy atom. The van der Waals surface area contributed by atoms with Gasteiger partial charge in [-0.3, -0.25) is 0 Å². The first-order valence-electron chi connectivity index (χ1n) is 17.9. The molecular formula is C49H29NO2. The van der Waals surface area contributed by atoms with Crippen molar-refractivity contribution in [3.05, 3.63) is 187 Å². The molecule has 3 heterocycles. The highest BCUT2D eigenvalue weighted by atomic mass is 16.3. The van der Waals surface area contributed by atoms with E-state index in [1.54, 1.807) is 0 Å². The molecule has 12 rings (SSSR count). The van der Waals surface area contributed by atoms with Crippen molar-refractivity contribution in [3.63, 3.8) is 0 Å². The van der Waals surface area contributed by atoms with Crippen LogP contribution in [-0.4, -0.2) is 4.57 Å². The summed E-state index contributed by atoms with van der Waals surface area (Å²) in [6.45, 7) is 0. The molecule has 0 radical (unpaired) electrons. The summed E-state index contributed by atoms with van der Waals surface area (Å²) in [6, 6.07) is 61.2. The highest BCUT2D eigenvalue weighted by Crippen LogP contribution is 2.52. The molecule has 1 aliphatic carbocycles. The molecule has 0 aliphatic heterocycles. The van der Waals surface area contributed by atoms with E-state index in [4.69, 9.17) is 8.83 Å². The van der Waals surface area contributed by atoms with Gasteiger partial charge in [0.2, 0.25) is 0 Å². The van der Waals surface area contributed by atoms with Crippen LogP contribution in [0.5, 0.6) is 0 Å². The summed E-state index contributed by atoms with van der Waals surface area (Å²) < 4.78 is 15.4. The summed E-state index contributed by atoms with van der Waals surface area (Å²) in [7, 11) is 0. The fourth-order valence-corrected chi connectivity index (χ4v) is 9.01. The van der Waals surface area contributed by atoms with Gasteiger partial charge in [0.15, 0.2) is 0 Å². The molecule has 1 unspecified atom stereocenters. The van der Waals surface area contributed by atoms with Crippen LogP contribution in [0.2, 0.25) is 0 Å². The van der Waals surface area contributed by atoms with Crippen LogP contribution in [0.1, 0.15) is 22.6 Å². The van der Waals surface area contributed by atoms with Crippen molar-refractivity contribution in [2.45, 2.75) is 5.92 Å². The van der Waals surface area contributed by atoms with Gasteiger partial charge in [-0.2, -0.15) is 0 Å². The Bertz CT molecular complexity index is 3250. The Hall–Kier alpha value is -6.84. The molecule has 11 aromatic rings. The van der Waals surface area contributed by atoms with E-state index in [1.165, 1.54) is 49.6 Å². The first-order chi connectivity index (χ1) is 25.8. The van der Waals surface area contributed by atoms with Crippen LogP contribution in [0.15, 0.2) is 179 Å². The number of hydrogen-bond donors (Lipinski definition) is 0. The van der Waals surface area contributed by atoms with E-state index in [0.717, 1.165) is 60.7 Å². The number of benzene rings is 8. The number of rotatable bonds is 3. The zero-order chi connectivity index (χ0) is 33.9. The predicted molar refractivity (Wildman–Crippen MR) is 214 cm³/mol. The van der Waals surface area contributed by atoms with Crippen LogP contribution in [0.3, 0.4) is 0 Å². The Morgan fingerprint density at radius 1 is 0.404 bits per heavy atom. The zero-order valence-electron chi connectivity index (χ0n) is 28.0. The van der Waals surface area contributed by atoms with Gasteiger partial charge in [0.25, 0.3) is 0 Å². The Kier molecular flexibility index (Phi) is 5.56. The predicted octanol–water partition coefficient (Wildman–Crippen LogP) is 13.4. The van der Waals surface area contributed by atoms with E-state index in [0.29, 0.717) is 0 Å². The number of furan rings is 2. The zero-order valence-corrected chi connectivity index (χ0v) is 28.0. The van der Waals surface area contributed by atoms with E-state index in [9.17, 15) is 0 Å². The molecule has 242 valence electrons. The van der Waals surface area contributed by atoms with Gasteiger partial charge in [-0.15, -0.1) is 0 Å². The van der Waals surface area contributed by atoms with Gasteiger partial charge in [-0.25, -0.2) is 0 Å². The van der Waals surface area contributed by atoms with Gasteiger partial charge >= 0.3 is 0 Å². The molecule has 0 bridgehead atoms. The molecule has 1 aliphatic rings. The van der Waals surface area contributed by atoms with E-state index in [-0.39, 0.29) is 5.92 Å². The summed E-state index contributed by atoms with van der Waals surface area (Å²) in [6.07, 6.45) is 0. The van der Waals surface area contributed by atoms with Crippen LogP contribution in [0, 0.1) is 0 Å². The summed E-state index contributed by atoms with van der Waals surface area (Å²) in [4.78, 5) is 0. The molecule has 0 N–H and O–H groups in total. The van der Waals surface area contributed by atoms with Crippen molar-refractivity contribution in [2.24, 2.45) is 0 Å². The number of hydrogen-bond acceptors (Lipinski definition) is 2. The maximum atomic E-state index is 6.71. The molecule has 0 fully saturated rings. The van der Waals surface area contributed by atoms with Crippen LogP contribution in [0.25, 0.3) is 93.6 Å². The second-order valence-electron chi connectivity index (χ2n) is 14.0. The molecule has 3 nitrogen and oxygen atoms in total. The van der Waals surface area contributed by atoms with Crippen molar-refractivity contribution in [3.8, 4) is 27.9 Å². The third-order valence-electron chi connectivity index (χ3n) is 11.3. The average molecular weight is 664 g/mol.